The number of ketones is 1. The summed E-state index contributed by atoms with van der Waals surface area (Å²) < 4.78 is 20.3. The van der Waals surface area contributed by atoms with E-state index < -0.39 is 0 Å². The number of ether oxygens (including phenoxy) is 1. The number of halogens is 1. The van der Waals surface area contributed by atoms with Gasteiger partial charge in [-0.3, -0.25) is 4.79 Å². The number of hydrogen-bond donors (Lipinski definition) is 1. The van der Waals surface area contributed by atoms with Crippen LogP contribution in [0.4, 0.5) is 4.39 Å². The van der Waals surface area contributed by atoms with Gasteiger partial charge in [0, 0.05) is 35.3 Å². The Balaban J connectivity index is 1.64. The third-order valence-electron chi connectivity index (χ3n) is 5.48. The zero-order valence-corrected chi connectivity index (χ0v) is 14.5. The summed E-state index contributed by atoms with van der Waals surface area (Å²) in [6.45, 7) is 3.22. The smallest absolute Gasteiger partial charge is 0.180 e. The van der Waals surface area contributed by atoms with Crippen LogP contribution in [0.25, 0.3) is 10.1 Å². The van der Waals surface area contributed by atoms with Crippen LogP contribution in [0.3, 0.4) is 0 Å². The molecule has 2 aliphatic rings. The number of Topliss-reactive ketones (excluding diaryl/α,β-unsaturated/α-hetero) is 1. The molecule has 5 heteroatoms. The van der Waals surface area contributed by atoms with Crippen molar-refractivity contribution in [3.8, 4) is 0 Å². The van der Waals surface area contributed by atoms with Crippen molar-refractivity contribution in [1.29, 1.82) is 0 Å². The fraction of sp³-hybridized carbons (Fsp3) is 0.526. The molecular formula is C19H22FNO2S. The summed E-state index contributed by atoms with van der Waals surface area (Å²) in [5.74, 6) is 0.499. The number of fused-ring (bicyclic) bond motifs is 1. The highest BCUT2D eigenvalue weighted by molar-refractivity contribution is 7.20. The molecule has 2 aromatic rings. The van der Waals surface area contributed by atoms with E-state index in [1.807, 2.05) is 6.07 Å². The predicted molar refractivity (Wildman–Crippen MR) is 94.2 cm³/mol. The number of nitrogens with one attached hydrogen (secondary N) is 1. The molecule has 0 radical (unpaired) electrons. The average molecular weight is 347 g/mol. The highest BCUT2D eigenvalue weighted by atomic mass is 32.1. The van der Waals surface area contributed by atoms with Gasteiger partial charge in [-0.1, -0.05) is 6.07 Å². The summed E-state index contributed by atoms with van der Waals surface area (Å²) in [7, 11) is 0. The van der Waals surface area contributed by atoms with Crippen molar-refractivity contribution in [3.05, 3.63) is 35.0 Å². The molecule has 1 N–H and O–H groups in total. The lowest BCUT2D eigenvalue weighted by Crippen LogP contribution is -2.36. The molecule has 3 heterocycles. The third-order valence-corrected chi connectivity index (χ3v) is 6.58. The maximum absolute atomic E-state index is 14.0. The minimum Gasteiger partial charge on any atom is -0.381 e. The van der Waals surface area contributed by atoms with Gasteiger partial charge in [-0.2, -0.15) is 0 Å². The van der Waals surface area contributed by atoms with Crippen LogP contribution in [0.15, 0.2) is 24.3 Å². The molecule has 0 bridgehead atoms. The van der Waals surface area contributed by atoms with Gasteiger partial charge in [0.2, 0.25) is 0 Å². The quantitative estimate of drug-likeness (QED) is 0.849. The fourth-order valence-corrected chi connectivity index (χ4v) is 5.24. The summed E-state index contributed by atoms with van der Waals surface area (Å²) in [6, 6.07) is 6.80. The molecule has 4 rings (SSSR count). The van der Waals surface area contributed by atoms with Gasteiger partial charge >= 0.3 is 0 Å². The summed E-state index contributed by atoms with van der Waals surface area (Å²) in [5.41, 5.74) is -0.334. The van der Waals surface area contributed by atoms with Crippen molar-refractivity contribution in [2.45, 2.75) is 25.7 Å². The molecule has 2 aliphatic heterocycles. The molecule has 1 atom stereocenters. The van der Waals surface area contributed by atoms with Crippen LogP contribution in [0, 0.1) is 17.2 Å². The van der Waals surface area contributed by atoms with E-state index in [9.17, 15) is 9.18 Å². The molecule has 0 amide bonds. The molecule has 0 saturated carbocycles. The first kappa shape index (κ1) is 16.2. The number of carbonyl (C=O) groups excluding carboxylic acids is 1. The van der Waals surface area contributed by atoms with Gasteiger partial charge in [-0.15, -0.1) is 11.3 Å². The van der Waals surface area contributed by atoms with Crippen LogP contribution in [0.5, 0.6) is 0 Å². The second-order valence-corrected chi connectivity index (χ2v) is 8.14. The van der Waals surface area contributed by atoms with Crippen LogP contribution in [0.2, 0.25) is 0 Å². The van der Waals surface area contributed by atoms with Gasteiger partial charge in [0.05, 0.1) is 4.88 Å². The number of hydrogen-bond acceptors (Lipinski definition) is 4. The van der Waals surface area contributed by atoms with E-state index in [4.69, 9.17) is 4.74 Å². The topological polar surface area (TPSA) is 38.3 Å². The first-order valence-corrected chi connectivity index (χ1v) is 9.51. The molecule has 2 fully saturated rings. The summed E-state index contributed by atoms with van der Waals surface area (Å²) in [4.78, 5) is 14.0. The van der Waals surface area contributed by atoms with Crippen LogP contribution in [0.1, 0.15) is 35.4 Å². The molecule has 1 aromatic heterocycles. The van der Waals surface area contributed by atoms with Crippen LogP contribution < -0.4 is 5.32 Å². The monoisotopic (exact) mass is 347 g/mol. The van der Waals surface area contributed by atoms with E-state index >= 15 is 0 Å². The van der Waals surface area contributed by atoms with Crippen molar-refractivity contribution < 1.29 is 13.9 Å². The first-order chi connectivity index (χ1) is 11.7. The van der Waals surface area contributed by atoms with Gasteiger partial charge in [0.25, 0.3) is 0 Å². The number of benzene rings is 1. The van der Waals surface area contributed by atoms with Crippen molar-refractivity contribution in [3.63, 3.8) is 0 Å². The Bertz CT molecular complexity index is 745. The van der Waals surface area contributed by atoms with E-state index in [1.54, 1.807) is 12.1 Å². The van der Waals surface area contributed by atoms with Gasteiger partial charge in [0.1, 0.15) is 5.82 Å². The van der Waals surface area contributed by atoms with Gasteiger partial charge in [-0.25, -0.2) is 4.39 Å². The maximum Gasteiger partial charge on any atom is 0.180 e. The molecule has 0 spiro atoms. The van der Waals surface area contributed by atoms with Gasteiger partial charge in [0.15, 0.2) is 5.78 Å². The Hall–Kier alpha value is -1.30. The predicted octanol–water partition coefficient (Wildman–Crippen LogP) is 4.02. The number of rotatable bonds is 4. The van der Waals surface area contributed by atoms with Crippen molar-refractivity contribution >= 4 is 27.2 Å². The SMILES string of the molecule is O=C(c1cc2c(F)cccc2s1)C1(CC2CCOCC2)CCNC1. The van der Waals surface area contributed by atoms with Crippen LogP contribution >= 0.6 is 11.3 Å². The molecule has 24 heavy (non-hydrogen) atoms. The van der Waals surface area contributed by atoms with Crippen LogP contribution in [-0.2, 0) is 4.74 Å². The van der Waals surface area contributed by atoms with Crippen LogP contribution in [-0.4, -0.2) is 32.1 Å². The summed E-state index contributed by atoms with van der Waals surface area (Å²) in [6.07, 6.45) is 3.87. The highest BCUT2D eigenvalue weighted by Gasteiger charge is 2.43. The Labute approximate surface area is 145 Å². The molecule has 128 valence electrons. The maximum atomic E-state index is 14.0. The summed E-state index contributed by atoms with van der Waals surface area (Å²) in [5, 5.41) is 3.94. The second kappa shape index (κ2) is 6.54. The molecule has 3 nitrogen and oxygen atoms in total. The highest BCUT2D eigenvalue weighted by Crippen LogP contribution is 2.41. The molecule has 1 unspecified atom stereocenters. The second-order valence-electron chi connectivity index (χ2n) is 7.06. The minimum absolute atomic E-state index is 0.194. The molecular weight excluding hydrogens is 325 g/mol. The zero-order valence-electron chi connectivity index (χ0n) is 13.6. The summed E-state index contributed by atoms with van der Waals surface area (Å²) >= 11 is 1.42. The van der Waals surface area contributed by atoms with Crippen molar-refractivity contribution in [1.82, 2.24) is 5.32 Å². The fourth-order valence-electron chi connectivity index (χ4n) is 4.11. The zero-order chi connectivity index (χ0) is 16.6. The number of thiophene rings is 1. The Morgan fingerprint density at radius 1 is 1.38 bits per heavy atom. The first-order valence-electron chi connectivity index (χ1n) is 8.69. The van der Waals surface area contributed by atoms with E-state index in [-0.39, 0.29) is 17.0 Å². The minimum atomic E-state index is -0.334. The average Bonchev–Trinajstić information content (AvgIpc) is 3.23. The third kappa shape index (κ3) is 2.89. The van der Waals surface area contributed by atoms with E-state index in [2.05, 4.69) is 5.32 Å². The van der Waals surface area contributed by atoms with E-state index in [0.717, 1.165) is 56.7 Å². The van der Waals surface area contributed by atoms with E-state index in [0.29, 0.717) is 16.2 Å². The molecule has 2 saturated heterocycles. The standard InChI is InChI=1S/C19H22FNO2S/c20-15-2-1-3-16-14(15)10-17(24-16)18(22)19(6-7-21-12-19)11-13-4-8-23-9-5-13/h1-3,10,13,21H,4-9,11-12H2. The van der Waals surface area contributed by atoms with Gasteiger partial charge in [-0.05, 0) is 56.3 Å². The Morgan fingerprint density at radius 3 is 2.92 bits per heavy atom. The van der Waals surface area contributed by atoms with E-state index in [1.165, 1.54) is 17.4 Å². The number of carbonyl (C=O) groups is 1. The normalized spacial score (nSPS) is 25.4. The van der Waals surface area contributed by atoms with Crippen molar-refractivity contribution in [2.24, 2.45) is 11.3 Å². The lowest BCUT2D eigenvalue weighted by molar-refractivity contribution is 0.0451. The van der Waals surface area contributed by atoms with Crippen molar-refractivity contribution in [2.75, 3.05) is 26.3 Å². The molecule has 0 aliphatic carbocycles. The lowest BCUT2D eigenvalue weighted by Gasteiger charge is -2.32. The largest absolute Gasteiger partial charge is 0.381 e. The lowest BCUT2D eigenvalue weighted by atomic mass is 9.73. The van der Waals surface area contributed by atoms with Gasteiger partial charge < -0.3 is 10.1 Å². The molecule has 1 aromatic carbocycles. The Morgan fingerprint density at radius 2 is 2.21 bits per heavy atom. The Kier molecular flexibility index (Phi) is 4.41.